The average Bonchev–Trinajstić information content (AvgIpc) is 2.58. The Bertz CT molecular complexity index is 655. The van der Waals surface area contributed by atoms with Gasteiger partial charge in [-0.3, -0.25) is 0 Å². The van der Waals surface area contributed by atoms with E-state index >= 15 is 0 Å². The number of ether oxygens (including phenoxy) is 1. The molecule has 0 unspecified atom stereocenters. The summed E-state index contributed by atoms with van der Waals surface area (Å²) < 4.78 is 18.2. The van der Waals surface area contributed by atoms with Crippen LogP contribution in [0.15, 0.2) is 48.5 Å². The molecular formula is C17H18FN3OS. The number of anilines is 3. The lowest BCUT2D eigenvalue weighted by Gasteiger charge is -2.29. The van der Waals surface area contributed by atoms with Crippen LogP contribution in [-0.2, 0) is 4.74 Å². The third-order valence-electron chi connectivity index (χ3n) is 3.60. The van der Waals surface area contributed by atoms with Crippen LogP contribution < -0.4 is 15.5 Å². The predicted molar refractivity (Wildman–Crippen MR) is 95.7 cm³/mol. The monoisotopic (exact) mass is 331 g/mol. The summed E-state index contributed by atoms with van der Waals surface area (Å²) in [7, 11) is 0. The van der Waals surface area contributed by atoms with Crippen molar-refractivity contribution in [3.8, 4) is 0 Å². The highest BCUT2D eigenvalue weighted by molar-refractivity contribution is 7.80. The van der Waals surface area contributed by atoms with E-state index in [2.05, 4.69) is 27.7 Å². The highest BCUT2D eigenvalue weighted by Gasteiger charge is 2.10. The first-order chi connectivity index (χ1) is 11.2. The molecule has 1 aliphatic heterocycles. The summed E-state index contributed by atoms with van der Waals surface area (Å²) in [5.74, 6) is -0.270. The van der Waals surface area contributed by atoms with Crippen molar-refractivity contribution >= 4 is 34.4 Å². The van der Waals surface area contributed by atoms with Gasteiger partial charge in [-0.2, -0.15) is 0 Å². The van der Waals surface area contributed by atoms with E-state index in [1.807, 2.05) is 12.1 Å². The molecule has 2 aromatic rings. The molecule has 4 nitrogen and oxygen atoms in total. The molecule has 120 valence electrons. The van der Waals surface area contributed by atoms with E-state index in [1.165, 1.54) is 17.8 Å². The van der Waals surface area contributed by atoms with Crippen LogP contribution in [0.2, 0.25) is 0 Å². The fourth-order valence-corrected chi connectivity index (χ4v) is 2.64. The fourth-order valence-electron chi connectivity index (χ4n) is 2.40. The molecule has 0 radical (unpaired) electrons. The number of nitrogens with one attached hydrogen (secondary N) is 2. The maximum absolute atomic E-state index is 12.9. The van der Waals surface area contributed by atoms with Gasteiger partial charge in [0.25, 0.3) is 0 Å². The average molecular weight is 331 g/mol. The summed E-state index contributed by atoms with van der Waals surface area (Å²) in [6.45, 7) is 3.37. The topological polar surface area (TPSA) is 36.5 Å². The molecule has 23 heavy (non-hydrogen) atoms. The smallest absolute Gasteiger partial charge is 0.175 e. The van der Waals surface area contributed by atoms with Crippen LogP contribution in [0.5, 0.6) is 0 Å². The number of morpholine rings is 1. The first-order valence-electron chi connectivity index (χ1n) is 7.47. The first kappa shape index (κ1) is 15.7. The normalized spacial score (nSPS) is 14.4. The quantitative estimate of drug-likeness (QED) is 0.842. The Kier molecular flexibility index (Phi) is 5.05. The van der Waals surface area contributed by atoms with Crippen molar-refractivity contribution in [1.29, 1.82) is 0 Å². The molecule has 6 heteroatoms. The van der Waals surface area contributed by atoms with Crippen molar-refractivity contribution < 1.29 is 9.13 Å². The van der Waals surface area contributed by atoms with Crippen LogP contribution >= 0.6 is 12.2 Å². The minimum Gasteiger partial charge on any atom is -0.378 e. The summed E-state index contributed by atoms with van der Waals surface area (Å²) >= 11 is 5.27. The number of hydrogen-bond donors (Lipinski definition) is 2. The van der Waals surface area contributed by atoms with Crippen LogP contribution in [0.25, 0.3) is 0 Å². The highest BCUT2D eigenvalue weighted by Crippen LogP contribution is 2.19. The molecule has 1 aliphatic rings. The first-order valence-corrected chi connectivity index (χ1v) is 7.88. The standard InChI is InChI=1S/C17H18FN3OS/c18-13-1-3-14(4-2-13)19-17(23)20-15-5-7-16(8-6-15)21-9-11-22-12-10-21/h1-8H,9-12H2,(H2,19,20,23). The molecule has 1 fully saturated rings. The van der Waals surface area contributed by atoms with E-state index in [9.17, 15) is 4.39 Å². The molecule has 1 saturated heterocycles. The second-order valence-corrected chi connectivity index (χ2v) is 5.64. The Morgan fingerprint density at radius 1 is 0.913 bits per heavy atom. The Morgan fingerprint density at radius 2 is 1.43 bits per heavy atom. The van der Waals surface area contributed by atoms with Crippen molar-refractivity contribution in [1.82, 2.24) is 0 Å². The summed E-state index contributed by atoms with van der Waals surface area (Å²) in [6, 6.07) is 14.2. The van der Waals surface area contributed by atoms with Crippen molar-refractivity contribution in [3.05, 3.63) is 54.3 Å². The van der Waals surface area contributed by atoms with E-state index in [4.69, 9.17) is 17.0 Å². The molecule has 0 spiro atoms. The number of halogens is 1. The second-order valence-electron chi connectivity index (χ2n) is 5.23. The third-order valence-corrected chi connectivity index (χ3v) is 3.81. The van der Waals surface area contributed by atoms with Gasteiger partial charge >= 0.3 is 0 Å². The molecule has 0 aliphatic carbocycles. The van der Waals surface area contributed by atoms with Crippen molar-refractivity contribution in [3.63, 3.8) is 0 Å². The molecule has 0 bridgehead atoms. The van der Waals surface area contributed by atoms with Crippen molar-refractivity contribution in [2.75, 3.05) is 41.8 Å². The lowest BCUT2D eigenvalue weighted by atomic mass is 10.2. The summed E-state index contributed by atoms with van der Waals surface area (Å²) in [5, 5.41) is 6.61. The Morgan fingerprint density at radius 3 is 2.00 bits per heavy atom. The maximum atomic E-state index is 12.9. The lowest BCUT2D eigenvalue weighted by molar-refractivity contribution is 0.122. The molecule has 2 N–H and O–H groups in total. The van der Waals surface area contributed by atoms with Crippen molar-refractivity contribution in [2.24, 2.45) is 0 Å². The van der Waals surface area contributed by atoms with E-state index in [0.717, 1.165) is 37.7 Å². The van der Waals surface area contributed by atoms with Gasteiger partial charge < -0.3 is 20.3 Å². The van der Waals surface area contributed by atoms with E-state index in [1.54, 1.807) is 12.1 Å². The summed E-state index contributed by atoms with van der Waals surface area (Å²) in [6.07, 6.45) is 0. The molecule has 2 aromatic carbocycles. The Labute approximate surface area is 140 Å². The molecule has 3 rings (SSSR count). The Balaban J connectivity index is 1.57. The van der Waals surface area contributed by atoms with E-state index < -0.39 is 0 Å². The zero-order valence-corrected chi connectivity index (χ0v) is 13.4. The number of rotatable bonds is 3. The van der Waals surface area contributed by atoms with Gasteiger partial charge in [-0.25, -0.2) is 4.39 Å². The van der Waals surface area contributed by atoms with Crippen molar-refractivity contribution in [2.45, 2.75) is 0 Å². The zero-order chi connectivity index (χ0) is 16.1. The van der Waals surface area contributed by atoms with Gasteiger partial charge in [0.1, 0.15) is 5.82 Å². The van der Waals surface area contributed by atoms with Gasteiger partial charge in [0.2, 0.25) is 0 Å². The van der Waals surface area contributed by atoms with Crippen LogP contribution in [0.1, 0.15) is 0 Å². The largest absolute Gasteiger partial charge is 0.378 e. The predicted octanol–water partition coefficient (Wildman–Crippen LogP) is 3.47. The number of hydrogen-bond acceptors (Lipinski definition) is 3. The van der Waals surface area contributed by atoms with Gasteiger partial charge in [0.05, 0.1) is 13.2 Å². The summed E-state index contributed by atoms with van der Waals surface area (Å²) in [5.41, 5.74) is 2.83. The van der Waals surface area contributed by atoms with Crippen LogP contribution in [0, 0.1) is 5.82 Å². The molecule has 0 amide bonds. The van der Waals surface area contributed by atoms with E-state index in [0.29, 0.717) is 5.11 Å². The van der Waals surface area contributed by atoms with Gasteiger partial charge in [0, 0.05) is 30.2 Å². The molecule has 0 atom stereocenters. The molecular weight excluding hydrogens is 313 g/mol. The zero-order valence-electron chi connectivity index (χ0n) is 12.6. The van der Waals surface area contributed by atoms with Gasteiger partial charge in [-0.05, 0) is 60.7 Å². The van der Waals surface area contributed by atoms with Gasteiger partial charge in [-0.1, -0.05) is 0 Å². The number of thiocarbonyl (C=S) groups is 1. The van der Waals surface area contributed by atoms with E-state index in [-0.39, 0.29) is 5.82 Å². The highest BCUT2D eigenvalue weighted by atomic mass is 32.1. The minimum atomic E-state index is -0.270. The fraction of sp³-hybridized carbons (Fsp3) is 0.235. The van der Waals surface area contributed by atoms with Gasteiger partial charge in [0.15, 0.2) is 5.11 Å². The molecule has 0 saturated carbocycles. The van der Waals surface area contributed by atoms with Crippen LogP contribution in [-0.4, -0.2) is 31.4 Å². The van der Waals surface area contributed by atoms with Crippen LogP contribution in [0.4, 0.5) is 21.5 Å². The third kappa shape index (κ3) is 4.40. The minimum absolute atomic E-state index is 0.270. The SMILES string of the molecule is Fc1ccc(NC(=S)Nc2ccc(N3CCOCC3)cc2)cc1. The lowest BCUT2D eigenvalue weighted by Crippen LogP contribution is -2.36. The maximum Gasteiger partial charge on any atom is 0.175 e. The Hall–Kier alpha value is -2.18. The van der Waals surface area contributed by atoms with Crippen LogP contribution in [0.3, 0.4) is 0 Å². The molecule has 0 aromatic heterocycles. The molecule has 1 heterocycles. The van der Waals surface area contributed by atoms with Gasteiger partial charge in [-0.15, -0.1) is 0 Å². The summed E-state index contributed by atoms with van der Waals surface area (Å²) in [4.78, 5) is 2.29. The number of nitrogens with zero attached hydrogens (tertiary/aromatic N) is 1. The second kappa shape index (κ2) is 7.39. The number of benzene rings is 2.